The van der Waals surface area contributed by atoms with Gasteiger partial charge in [0.05, 0.1) is 15.7 Å². The molecule has 0 fully saturated rings. The van der Waals surface area contributed by atoms with Gasteiger partial charge < -0.3 is 4.98 Å². The summed E-state index contributed by atoms with van der Waals surface area (Å²) in [5.74, 6) is -0.664. The van der Waals surface area contributed by atoms with Crippen molar-refractivity contribution in [3.8, 4) is 11.3 Å². The van der Waals surface area contributed by atoms with Crippen LogP contribution in [0.4, 0.5) is 8.78 Å². The van der Waals surface area contributed by atoms with E-state index in [9.17, 15) is 8.78 Å². The van der Waals surface area contributed by atoms with Crippen LogP contribution in [-0.2, 0) is 6.42 Å². The van der Waals surface area contributed by atoms with Crippen molar-refractivity contribution in [2.45, 2.75) is 19.8 Å². The molecule has 0 bridgehead atoms. The number of aromatic nitrogens is 2. The van der Waals surface area contributed by atoms with Gasteiger partial charge in [-0.25, -0.2) is 13.8 Å². The summed E-state index contributed by atoms with van der Waals surface area (Å²) in [6.45, 7) is 1.99. The van der Waals surface area contributed by atoms with Crippen LogP contribution in [0.2, 0.25) is 0 Å². The van der Waals surface area contributed by atoms with E-state index in [4.69, 9.17) is 12.2 Å². The number of hydrogen-bond acceptors (Lipinski definition) is 2. The molecule has 0 aliphatic heterocycles. The summed E-state index contributed by atoms with van der Waals surface area (Å²) in [7, 11) is 0. The number of H-pyrrole nitrogens is 1. The second kappa shape index (κ2) is 5.88. The van der Waals surface area contributed by atoms with Gasteiger partial charge in [-0.05, 0) is 40.5 Å². The van der Waals surface area contributed by atoms with Crippen LogP contribution in [0.15, 0.2) is 22.7 Å². The van der Waals surface area contributed by atoms with Crippen LogP contribution in [0, 0.1) is 16.3 Å². The molecule has 1 aromatic heterocycles. The van der Waals surface area contributed by atoms with Gasteiger partial charge >= 0.3 is 0 Å². The zero-order chi connectivity index (χ0) is 14.0. The van der Waals surface area contributed by atoms with Crippen molar-refractivity contribution in [2.75, 3.05) is 0 Å². The van der Waals surface area contributed by atoms with E-state index in [0.717, 1.165) is 6.42 Å². The van der Waals surface area contributed by atoms with Gasteiger partial charge in [0.15, 0.2) is 0 Å². The molecule has 0 amide bonds. The Morgan fingerprint density at radius 2 is 2.11 bits per heavy atom. The fourth-order valence-electron chi connectivity index (χ4n) is 1.77. The van der Waals surface area contributed by atoms with E-state index in [1.165, 1.54) is 18.2 Å². The lowest BCUT2D eigenvalue weighted by atomic mass is 10.1. The number of benzene rings is 1. The van der Waals surface area contributed by atoms with Crippen LogP contribution in [0.3, 0.4) is 0 Å². The minimum absolute atomic E-state index is 0.125. The highest BCUT2D eigenvalue weighted by molar-refractivity contribution is 9.10. The first-order valence-corrected chi connectivity index (χ1v) is 6.97. The van der Waals surface area contributed by atoms with Gasteiger partial charge in [-0.2, -0.15) is 0 Å². The highest BCUT2D eigenvalue weighted by atomic mass is 79.9. The van der Waals surface area contributed by atoms with Crippen molar-refractivity contribution in [2.24, 2.45) is 0 Å². The van der Waals surface area contributed by atoms with E-state index >= 15 is 0 Å². The van der Waals surface area contributed by atoms with Crippen molar-refractivity contribution < 1.29 is 8.78 Å². The molecule has 2 rings (SSSR count). The van der Waals surface area contributed by atoms with Gasteiger partial charge in [0.25, 0.3) is 0 Å². The molecule has 19 heavy (non-hydrogen) atoms. The van der Waals surface area contributed by atoms with Crippen molar-refractivity contribution >= 4 is 28.1 Å². The number of hydrogen-bond donors (Lipinski definition) is 1. The Kier molecular flexibility index (Phi) is 4.42. The third kappa shape index (κ3) is 3.06. The summed E-state index contributed by atoms with van der Waals surface area (Å²) in [6, 6.07) is 4.00. The molecular formula is C13H11BrF2N2S. The average Bonchev–Trinajstić information content (AvgIpc) is 2.34. The summed E-state index contributed by atoms with van der Waals surface area (Å²) in [5.41, 5.74) is 0.181. The maximum atomic E-state index is 14.0. The quantitative estimate of drug-likeness (QED) is 0.639. The van der Waals surface area contributed by atoms with Gasteiger partial charge in [0.2, 0.25) is 0 Å². The van der Waals surface area contributed by atoms with Crippen molar-refractivity contribution in [1.82, 2.24) is 9.97 Å². The van der Waals surface area contributed by atoms with Crippen molar-refractivity contribution in [3.63, 3.8) is 0 Å². The average molecular weight is 345 g/mol. The standard InChI is InChI=1S/C13H11BrF2N2S/c1-2-3-10-17-9(6-11(19)18-10)12-8(15)5-4-7(14)13(12)16/h4-6H,2-3H2,1H3,(H,17,18,19). The molecule has 1 N–H and O–H groups in total. The van der Waals surface area contributed by atoms with Crippen LogP contribution in [0.25, 0.3) is 11.3 Å². The number of aromatic amines is 1. The first-order chi connectivity index (χ1) is 9.02. The third-order valence-electron chi connectivity index (χ3n) is 2.59. The number of nitrogens with zero attached hydrogens (tertiary/aromatic N) is 1. The van der Waals surface area contributed by atoms with Gasteiger partial charge in [0.1, 0.15) is 22.1 Å². The Labute approximate surface area is 123 Å². The Hall–Kier alpha value is -1.14. The third-order valence-corrected chi connectivity index (χ3v) is 3.41. The molecule has 0 aliphatic carbocycles. The zero-order valence-corrected chi connectivity index (χ0v) is 12.5. The Morgan fingerprint density at radius 1 is 1.37 bits per heavy atom. The SMILES string of the molecule is CCCc1nc(=S)cc(-c2c(F)ccc(Br)c2F)[nH]1. The molecule has 6 heteroatoms. The van der Waals surface area contributed by atoms with Crippen LogP contribution < -0.4 is 0 Å². The molecule has 0 aliphatic rings. The maximum Gasteiger partial charge on any atom is 0.149 e. The Morgan fingerprint density at radius 3 is 2.79 bits per heavy atom. The molecule has 0 unspecified atom stereocenters. The van der Waals surface area contributed by atoms with E-state index in [2.05, 4.69) is 25.9 Å². The summed E-state index contributed by atoms with van der Waals surface area (Å²) < 4.78 is 28.4. The lowest BCUT2D eigenvalue weighted by Crippen LogP contribution is -2.00. The Bertz CT molecular complexity index is 670. The van der Waals surface area contributed by atoms with Crippen molar-refractivity contribution in [3.05, 3.63) is 44.8 Å². The van der Waals surface area contributed by atoms with Crippen LogP contribution in [-0.4, -0.2) is 9.97 Å². The molecule has 0 spiro atoms. The first-order valence-electron chi connectivity index (χ1n) is 5.77. The van der Waals surface area contributed by atoms with E-state index in [1.54, 1.807) is 0 Å². The zero-order valence-electron chi connectivity index (χ0n) is 10.1. The van der Waals surface area contributed by atoms with Crippen LogP contribution >= 0.6 is 28.1 Å². The summed E-state index contributed by atoms with van der Waals surface area (Å²) in [5, 5.41) is 0. The van der Waals surface area contributed by atoms with E-state index in [1.807, 2.05) is 6.92 Å². The smallest absolute Gasteiger partial charge is 0.149 e. The molecule has 1 aromatic carbocycles. The monoisotopic (exact) mass is 344 g/mol. The second-order valence-electron chi connectivity index (χ2n) is 4.05. The lowest BCUT2D eigenvalue weighted by Gasteiger charge is -2.08. The lowest BCUT2D eigenvalue weighted by molar-refractivity contribution is 0.584. The van der Waals surface area contributed by atoms with Gasteiger partial charge in [-0.3, -0.25) is 0 Å². The highest BCUT2D eigenvalue weighted by Crippen LogP contribution is 2.29. The number of nitrogens with one attached hydrogen (secondary N) is 1. The van der Waals surface area contributed by atoms with Gasteiger partial charge in [-0.15, -0.1) is 0 Å². The van der Waals surface area contributed by atoms with E-state index < -0.39 is 11.6 Å². The molecular weight excluding hydrogens is 334 g/mol. The number of halogens is 3. The van der Waals surface area contributed by atoms with E-state index in [0.29, 0.717) is 22.6 Å². The first kappa shape index (κ1) is 14.3. The molecule has 1 heterocycles. The second-order valence-corrected chi connectivity index (χ2v) is 5.32. The predicted molar refractivity (Wildman–Crippen MR) is 76.5 cm³/mol. The Balaban J connectivity index is 2.65. The molecule has 2 nitrogen and oxygen atoms in total. The topological polar surface area (TPSA) is 28.7 Å². The summed E-state index contributed by atoms with van der Waals surface area (Å²) in [4.78, 5) is 7.07. The normalized spacial score (nSPS) is 10.7. The highest BCUT2D eigenvalue weighted by Gasteiger charge is 2.15. The van der Waals surface area contributed by atoms with Crippen LogP contribution in [0.5, 0.6) is 0 Å². The van der Waals surface area contributed by atoms with Gasteiger partial charge in [-0.1, -0.05) is 19.1 Å². The summed E-state index contributed by atoms with van der Waals surface area (Å²) >= 11 is 8.08. The fraction of sp³-hybridized carbons (Fsp3) is 0.231. The molecule has 2 aromatic rings. The number of aryl methyl sites for hydroxylation is 1. The fourth-order valence-corrected chi connectivity index (χ4v) is 2.33. The van der Waals surface area contributed by atoms with E-state index in [-0.39, 0.29) is 10.0 Å². The largest absolute Gasteiger partial charge is 0.343 e. The predicted octanol–water partition coefficient (Wildman–Crippen LogP) is 4.80. The molecule has 100 valence electrons. The van der Waals surface area contributed by atoms with Gasteiger partial charge in [0, 0.05) is 6.42 Å². The van der Waals surface area contributed by atoms with Crippen molar-refractivity contribution in [1.29, 1.82) is 0 Å². The summed E-state index contributed by atoms with van der Waals surface area (Å²) in [6.07, 6.45) is 1.54. The minimum atomic E-state index is -0.653. The molecule has 0 radical (unpaired) electrons. The minimum Gasteiger partial charge on any atom is -0.343 e. The molecule has 0 saturated carbocycles. The number of rotatable bonds is 3. The maximum absolute atomic E-state index is 14.0. The molecule has 0 atom stereocenters. The van der Waals surface area contributed by atoms with Crippen LogP contribution in [0.1, 0.15) is 19.2 Å². The molecule has 0 saturated heterocycles.